The number of nitrogens with one attached hydrogen (secondary N) is 2. The van der Waals surface area contributed by atoms with Gasteiger partial charge in [-0.1, -0.05) is 0 Å². The van der Waals surface area contributed by atoms with Crippen molar-refractivity contribution in [3.8, 4) is 0 Å². The third-order valence-electron chi connectivity index (χ3n) is 2.26. The molecule has 0 saturated heterocycles. The molecule has 2 unspecified atom stereocenters. The first-order valence-corrected chi connectivity index (χ1v) is 5.60. The standard InChI is InChI=1S/C10H16N2O8.3H2O/c13-7(14)3-5(9(17)18)11-1-2-12-6(10(19)20)4-8(15)16;;;/h5-6,11-12H,1-4H2,(H,13,14)(H,15,16)(H,17,18)(H,19,20);3*1H2. The van der Waals surface area contributed by atoms with Crippen molar-refractivity contribution < 1.29 is 56.0 Å². The first kappa shape index (κ1) is 28.8. The van der Waals surface area contributed by atoms with Crippen LogP contribution in [0.1, 0.15) is 12.8 Å². The van der Waals surface area contributed by atoms with Gasteiger partial charge in [0, 0.05) is 13.1 Å². The van der Waals surface area contributed by atoms with E-state index in [2.05, 4.69) is 10.6 Å². The van der Waals surface area contributed by atoms with Gasteiger partial charge in [-0.2, -0.15) is 0 Å². The van der Waals surface area contributed by atoms with Crippen molar-refractivity contribution in [2.24, 2.45) is 0 Å². The lowest BCUT2D eigenvalue weighted by molar-refractivity contribution is -0.146. The predicted octanol–water partition coefficient (Wildman–Crippen LogP) is -4.45. The van der Waals surface area contributed by atoms with Crippen LogP contribution >= 0.6 is 0 Å². The fourth-order valence-electron chi connectivity index (χ4n) is 1.34. The highest BCUT2D eigenvalue weighted by molar-refractivity contribution is 5.81. The lowest BCUT2D eigenvalue weighted by atomic mass is 10.2. The molecule has 0 aromatic heterocycles. The zero-order chi connectivity index (χ0) is 15.7. The van der Waals surface area contributed by atoms with E-state index in [1.54, 1.807) is 0 Å². The SMILES string of the molecule is O.O.O.O=C(O)CC(NCCNC(CC(=O)O)C(=O)O)C(=O)O. The lowest BCUT2D eigenvalue weighted by Gasteiger charge is -2.15. The molecular weight excluding hydrogens is 324 g/mol. The first-order chi connectivity index (χ1) is 9.23. The Balaban J connectivity index is -0.000000602. The van der Waals surface area contributed by atoms with Gasteiger partial charge < -0.3 is 47.5 Å². The van der Waals surface area contributed by atoms with Crippen LogP contribution in [0, 0.1) is 0 Å². The lowest BCUT2D eigenvalue weighted by Crippen LogP contribution is -2.45. The fraction of sp³-hybridized carbons (Fsp3) is 0.600. The number of carboxylic acid groups (broad SMARTS) is 4. The summed E-state index contributed by atoms with van der Waals surface area (Å²) in [6, 6.07) is -2.59. The van der Waals surface area contributed by atoms with Gasteiger partial charge in [-0.05, 0) is 0 Å². The predicted molar refractivity (Wildman–Crippen MR) is 74.2 cm³/mol. The Bertz CT molecular complexity index is 351. The largest absolute Gasteiger partial charge is 0.481 e. The Morgan fingerprint density at radius 1 is 0.652 bits per heavy atom. The minimum atomic E-state index is -1.34. The van der Waals surface area contributed by atoms with E-state index in [0.29, 0.717) is 0 Å². The van der Waals surface area contributed by atoms with Crippen molar-refractivity contribution in [1.29, 1.82) is 0 Å². The second-order valence-corrected chi connectivity index (χ2v) is 3.89. The van der Waals surface area contributed by atoms with Crippen molar-refractivity contribution in [3.63, 3.8) is 0 Å². The number of hydrogen-bond acceptors (Lipinski definition) is 6. The Hall–Kier alpha value is -2.32. The summed E-state index contributed by atoms with van der Waals surface area (Å²) in [7, 11) is 0. The third-order valence-corrected chi connectivity index (χ3v) is 2.26. The quantitative estimate of drug-likeness (QED) is 0.195. The van der Waals surface area contributed by atoms with E-state index >= 15 is 0 Å². The van der Waals surface area contributed by atoms with Crippen molar-refractivity contribution in [1.82, 2.24) is 10.6 Å². The molecule has 0 saturated carbocycles. The molecule has 0 heterocycles. The third kappa shape index (κ3) is 14.4. The molecule has 0 aliphatic heterocycles. The van der Waals surface area contributed by atoms with E-state index in [1.807, 2.05) is 0 Å². The number of rotatable bonds is 11. The van der Waals surface area contributed by atoms with Crippen LogP contribution in [0.4, 0.5) is 0 Å². The van der Waals surface area contributed by atoms with E-state index in [1.165, 1.54) is 0 Å². The molecule has 0 aromatic carbocycles. The summed E-state index contributed by atoms with van der Waals surface area (Å²) in [5.41, 5.74) is 0. The van der Waals surface area contributed by atoms with Crippen LogP contribution in [0.15, 0.2) is 0 Å². The van der Waals surface area contributed by atoms with Gasteiger partial charge in [0.2, 0.25) is 0 Å². The summed E-state index contributed by atoms with van der Waals surface area (Å²) in [5, 5.41) is 39.2. The van der Waals surface area contributed by atoms with Crippen molar-refractivity contribution in [2.75, 3.05) is 13.1 Å². The molecule has 0 fully saturated rings. The van der Waals surface area contributed by atoms with Gasteiger partial charge in [0.15, 0.2) is 0 Å². The minimum absolute atomic E-state index is 0. The zero-order valence-corrected chi connectivity index (χ0v) is 11.9. The number of carboxylic acids is 4. The fourth-order valence-corrected chi connectivity index (χ4v) is 1.34. The van der Waals surface area contributed by atoms with Crippen LogP contribution in [0.3, 0.4) is 0 Å². The summed E-state index contributed by atoms with van der Waals surface area (Å²) in [5.74, 6) is -5.25. The summed E-state index contributed by atoms with van der Waals surface area (Å²) in [6.07, 6.45) is -1.24. The molecule has 0 aromatic rings. The van der Waals surface area contributed by atoms with Gasteiger partial charge in [-0.25, -0.2) is 0 Å². The zero-order valence-electron chi connectivity index (χ0n) is 11.9. The molecule has 12 N–H and O–H groups in total. The monoisotopic (exact) mass is 346 g/mol. The average molecular weight is 346 g/mol. The van der Waals surface area contributed by atoms with Crippen LogP contribution < -0.4 is 10.6 Å². The van der Waals surface area contributed by atoms with Crippen LogP contribution in [0.5, 0.6) is 0 Å². The molecule has 2 atom stereocenters. The minimum Gasteiger partial charge on any atom is -0.481 e. The number of aliphatic carboxylic acids is 4. The highest BCUT2D eigenvalue weighted by Crippen LogP contribution is 1.94. The van der Waals surface area contributed by atoms with Gasteiger partial charge in [-0.15, -0.1) is 0 Å². The number of hydrogen-bond donors (Lipinski definition) is 6. The Morgan fingerprint density at radius 2 is 0.913 bits per heavy atom. The van der Waals surface area contributed by atoms with Crippen molar-refractivity contribution in [3.05, 3.63) is 0 Å². The van der Waals surface area contributed by atoms with Crippen molar-refractivity contribution >= 4 is 23.9 Å². The maximum absolute atomic E-state index is 10.7. The average Bonchev–Trinajstić information content (AvgIpc) is 2.29. The second kappa shape index (κ2) is 14.6. The van der Waals surface area contributed by atoms with Gasteiger partial charge >= 0.3 is 23.9 Å². The van der Waals surface area contributed by atoms with E-state index in [9.17, 15) is 19.2 Å². The maximum Gasteiger partial charge on any atom is 0.321 e. The normalized spacial score (nSPS) is 11.7. The highest BCUT2D eigenvalue weighted by atomic mass is 16.4. The summed E-state index contributed by atoms with van der Waals surface area (Å²) in [6.45, 7) is -0.0404. The summed E-state index contributed by atoms with van der Waals surface area (Å²) >= 11 is 0. The van der Waals surface area contributed by atoms with Gasteiger partial charge in [0.05, 0.1) is 12.8 Å². The van der Waals surface area contributed by atoms with Crippen LogP contribution in [-0.2, 0) is 19.2 Å². The molecule has 23 heavy (non-hydrogen) atoms. The molecule has 0 spiro atoms. The van der Waals surface area contributed by atoms with Crippen LogP contribution in [0.25, 0.3) is 0 Å². The summed E-state index contributed by atoms with van der Waals surface area (Å²) < 4.78 is 0. The maximum atomic E-state index is 10.7. The van der Waals surface area contributed by atoms with Gasteiger partial charge in [-0.3, -0.25) is 19.2 Å². The van der Waals surface area contributed by atoms with E-state index in [-0.39, 0.29) is 29.5 Å². The van der Waals surface area contributed by atoms with Gasteiger partial charge in [0.25, 0.3) is 0 Å². The highest BCUT2D eigenvalue weighted by Gasteiger charge is 2.22. The molecule has 13 heteroatoms. The van der Waals surface area contributed by atoms with E-state index in [0.717, 1.165) is 0 Å². The molecule has 0 rings (SSSR count). The van der Waals surface area contributed by atoms with Crippen LogP contribution in [0.2, 0.25) is 0 Å². The molecule has 0 radical (unpaired) electrons. The number of carbonyl (C=O) groups is 4. The molecule has 0 aliphatic rings. The smallest absolute Gasteiger partial charge is 0.321 e. The molecule has 0 aliphatic carbocycles. The molecule has 0 amide bonds. The van der Waals surface area contributed by atoms with Crippen LogP contribution in [-0.4, -0.2) is 85.9 Å². The first-order valence-electron chi connectivity index (χ1n) is 5.60. The molecule has 0 bridgehead atoms. The Morgan fingerprint density at radius 3 is 1.09 bits per heavy atom. The Kier molecular flexibility index (Phi) is 18.3. The molecule has 138 valence electrons. The topological polar surface area (TPSA) is 268 Å². The van der Waals surface area contributed by atoms with Gasteiger partial charge in [0.1, 0.15) is 12.1 Å². The Labute approximate surface area is 129 Å². The molecule has 13 nitrogen and oxygen atoms in total. The van der Waals surface area contributed by atoms with Crippen molar-refractivity contribution in [2.45, 2.75) is 24.9 Å². The summed E-state index contributed by atoms with van der Waals surface area (Å²) in [4.78, 5) is 42.2. The molecular formula is C10H22N2O11. The van der Waals surface area contributed by atoms with E-state index in [4.69, 9.17) is 20.4 Å². The van der Waals surface area contributed by atoms with E-state index < -0.39 is 48.8 Å². The second-order valence-electron chi connectivity index (χ2n) is 3.89.